The van der Waals surface area contributed by atoms with Crippen molar-refractivity contribution in [2.45, 2.75) is 26.2 Å². The number of hydrogen-bond donors (Lipinski definition) is 2. The van der Waals surface area contributed by atoms with Gasteiger partial charge in [0.25, 0.3) is 0 Å². The van der Waals surface area contributed by atoms with Gasteiger partial charge in [-0.3, -0.25) is 4.79 Å². The fourth-order valence-corrected chi connectivity index (χ4v) is 3.29. The number of urea groups is 1. The van der Waals surface area contributed by atoms with E-state index < -0.39 is 0 Å². The zero-order valence-corrected chi connectivity index (χ0v) is 16.4. The fraction of sp³-hybridized carbons (Fsp3) is 0.333. The number of amides is 3. The first-order chi connectivity index (χ1) is 13.5. The molecule has 0 bridgehead atoms. The lowest BCUT2D eigenvalue weighted by Crippen LogP contribution is -2.35. The molecule has 0 aromatic heterocycles. The maximum atomic E-state index is 12.4. The SMILES string of the molecule is CCCN1C(=O)CCc2cc(NC(=O)Nc3ccc(OC)cc3OC)ccc21. The first-order valence-electron chi connectivity index (χ1n) is 9.29. The van der Waals surface area contributed by atoms with E-state index in [1.54, 1.807) is 25.3 Å². The molecule has 3 amide bonds. The molecule has 2 aromatic carbocycles. The van der Waals surface area contributed by atoms with Crippen LogP contribution in [0.4, 0.5) is 21.9 Å². The van der Waals surface area contributed by atoms with Crippen molar-refractivity contribution in [2.75, 3.05) is 36.3 Å². The molecule has 1 aliphatic heterocycles. The Kier molecular flexibility index (Phi) is 6.03. The summed E-state index contributed by atoms with van der Waals surface area (Å²) in [7, 11) is 3.10. The van der Waals surface area contributed by atoms with Gasteiger partial charge >= 0.3 is 6.03 Å². The van der Waals surface area contributed by atoms with Crippen molar-refractivity contribution >= 4 is 29.0 Å². The lowest BCUT2D eigenvalue weighted by atomic mass is 10.00. The minimum absolute atomic E-state index is 0.152. The Morgan fingerprint density at radius 2 is 1.89 bits per heavy atom. The summed E-state index contributed by atoms with van der Waals surface area (Å²) in [6.45, 7) is 2.76. The number of benzene rings is 2. The average Bonchev–Trinajstić information content (AvgIpc) is 2.70. The largest absolute Gasteiger partial charge is 0.497 e. The van der Waals surface area contributed by atoms with E-state index in [0.717, 1.165) is 17.7 Å². The predicted molar refractivity (Wildman–Crippen MR) is 110 cm³/mol. The fourth-order valence-electron chi connectivity index (χ4n) is 3.29. The molecule has 148 valence electrons. The summed E-state index contributed by atoms with van der Waals surface area (Å²) in [5, 5.41) is 5.62. The molecule has 1 heterocycles. The van der Waals surface area contributed by atoms with E-state index in [-0.39, 0.29) is 11.9 Å². The van der Waals surface area contributed by atoms with Crippen molar-refractivity contribution in [1.29, 1.82) is 0 Å². The van der Waals surface area contributed by atoms with Crippen LogP contribution in [-0.4, -0.2) is 32.7 Å². The maximum Gasteiger partial charge on any atom is 0.323 e. The van der Waals surface area contributed by atoms with Crippen LogP contribution < -0.4 is 25.0 Å². The van der Waals surface area contributed by atoms with E-state index in [1.807, 2.05) is 23.1 Å². The highest BCUT2D eigenvalue weighted by molar-refractivity contribution is 6.01. The third-order valence-electron chi connectivity index (χ3n) is 4.64. The van der Waals surface area contributed by atoms with Crippen LogP contribution in [0.3, 0.4) is 0 Å². The Morgan fingerprint density at radius 3 is 2.61 bits per heavy atom. The van der Waals surface area contributed by atoms with Gasteiger partial charge in [-0.1, -0.05) is 6.92 Å². The summed E-state index contributed by atoms with van der Waals surface area (Å²) in [5.41, 5.74) is 3.21. The zero-order valence-electron chi connectivity index (χ0n) is 16.4. The molecule has 7 nitrogen and oxygen atoms in total. The number of rotatable bonds is 6. The summed E-state index contributed by atoms with van der Waals surface area (Å²) in [4.78, 5) is 26.4. The van der Waals surface area contributed by atoms with Gasteiger partial charge in [-0.2, -0.15) is 0 Å². The van der Waals surface area contributed by atoms with Crippen LogP contribution in [-0.2, 0) is 11.2 Å². The molecule has 0 radical (unpaired) electrons. The zero-order chi connectivity index (χ0) is 20.1. The van der Waals surface area contributed by atoms with Crippen LogP contribution in [0.5, 0.6) is 11.5 Å². The normalized spacial score (nSPS) is 13.0. The average molecular weight is 383 g/mol. The van der Waals surface area contributed by atoms with Gasteiger partial charge in [0.05, 0.1) is 19.9 Å². The van der Waals surface area contributed by atoms with E-state index in [4.69, 9.17) is 9.47 Å². The van der Waals surface area contributed by atoms with Crippen LogP contribution in [0.15, 0.2) is 36.4 Å². The Bertz CT molecular complexity index is 882. The lowest BCUT2D eigenvalue weighted by Gasteiger charge is -2.29. The molecule has 0 unspecified atom stereocenters. The molecule has 0 aliphatic carbocycles. The number of carbonyl (C=O) groups is 2. The van der Waals surface area contributed by atoms with Gasteiger partial charge in [0.2, 0.25) is 5.91 Å². The first kappa shape index (κ1) is 19.5. The van der Waals surface area contributed by atoms with Crippen molar-refractivity contribution in [3.05, 3.63) is 42.0 Å². The van der Waals surface area contributed by atoms with Gasteiger partial charge < -0.3 is 25.0 Å². The van der Waals surface area contributed by atoms with Gasteiger partial charge in [-0.15, -0.1) is 0 Å². The predicted octanol–water partition coefficient (Wildman–Crippen LogP) is 4.04. The number of hydrogen-bond acceptors (Lipinski definition) is 4. The van der Waals surface area contributed by atoms with E-state index in [1.165, 1.54) is 7.11 Å². The summed E-state index contributed by atoms with van der Waals surface area (Å²) in [6, 6.07) is 10.4. The van der Waals surface area contributed by atoms with Gasteiger partial charge in [-0.25, -0.2) is 4.79 Å². The number of ether oxygens (including phenoxy) is 2. The second-order valence-corrected chi connectivity index (χ2v) is 6.53. The molecule has 2 aromatic rings. The maximum absolute atomic E-state index is 12.4. The van der Waals surface area contributed by atoms with Crippen LogP contribution in [0.2, 0.25) is 0 Å². The highest BCUT2D eigenvalue weighted by Crippen LogP contribution is 2.31. The molecule has 3 rings (SSSR count). The Labute approximate surface area is 164 Å². The monoisotopic (exact) mass is 383 g/mol. The highest BCUT2D eigenvalue weighted by Gasteiger charge is 2.23. The Balaban J connectivity index is 1.72. The summed E-state index contributed by atoms with van der Waals surface area (Å²) in [5.74, 6) is 1.30. The number of carbonyl (C=O) groups excluding carboxylic acids is 2. The minimum atomic E-state index is -0.374. The number of nitrogens with one attached hydrogen (secondary N) is 2. The molecule has 1 aliphatic rings. The third-order valence-corrected chi connectivity index (χ3v) is 4.64. The number of fused-ring (bicyclic) bond motifs is 1. The number of anilines is 3. The van der Waals surface area contributed by atoms with Crippen molar-refractivity contribution in [1.82, 2.24) is 0 Å². The summed E-state index contributed by atoms with van der Waals surface area (Å²) >= 11 is 0. The minimum Gasteiger partial charge on any atom is -0.497 e. The first-order valence-corrected chi connectivity index (χ1v) is 9.29. The molecule has 0 saturated carbocycles. The molecule has 2 N–H and O–H groups in total. The van der Waals surface area contributed by atoms with Crippen molar-refractivity contribution in [3.8, 4) is 11.5 Å². The Hall–Kier alpha value is -3.22. The van der Waals surface area contributed by atoms with Crippen LogP contribution >= 0.6 is 0 Å². The van der Waals surface area contributed by atoms with Gasteiger partial charge in [0.15, 0.2) is 0 Å². The number of methoxy groups -OCH3 is 2. The van der Waals surface area contributed by atoms with E-state index >= 15 is 0 Å². The second-order valence-electron chi connectivity index (χ2n) is 6.53. The lowest BCUT2D eigenvalue weighted by molar-refractivity contribution is -0.118. The molecule has 0 atom stereocenters. The van der Waals surface area contributed by atoms with Crippen molar-refractivity contribution in [2.24, 2.45) is 0 Å². The molecule has 0 saturated heterocycles. The molecule has 28 heavy (non-hydrogen) atoms. The van der Waals surface area contributed by atoms with Crippen LogP contribution in [0.25, 0.3) is 0 Å². The van der Waals surface area contributed by atoms with E-state index in [0.29, 0.717) is 42.3 Å². The van der Waals surface area contributed by atoms with Crippen molar-refractivity contribution < 1.29 is 19.1 Å². The van der Waals surface area contributed by atoms with E-state index in [9.17, 15) is 9.59 Å². The van der Waals surface area contributed by atoms with Gasteiger partial charge in [0, 0.05) is 30.4 Å². The third kappa shape index (κ3) is 4.19. The standard InChI is InChI=1S/C21H25N3O4/c1-4-11-24-18-9-6-15(12-14(18)5-10-20(24)25)22-21(26)23-17-8-7-16(27-2)13-19(17)28-3/h6-9,12-13H,4-5,10-11H2,1-3H3,(H2,22,23,26). The summed E-state index contributed by atoms with van der Waals surface area (Å²) < 4.78 is 10.5. The topological polar surface area (TPSA) is 79.9 Å². The van der Waals surface area contributed by atoms with Gasteiger partial charge in [0.1, 0.15) is 11.5 Å². The molecular formula is C21H25N3O4. The number of aryl methyl sites for hydroxylation is 1. The smallest absolute Gasteiger partial charge is 0.323 e. The van der Waals surface area contributed by atoms with Crippen LogP contribution in [0.1, 0.15) is 25.3 Å². The molecular weight excluding hydrogens is 358 g/mol. The van der Waals surface area contributed by atoms with Crippen LogP contribution in [0, 0.1) is 0 Å². The number of nitrogens with zero attached hydrogens (tertiary/aromatic N) is 1. The molecule has 0 fully saturated rings. The second kappa shape index (κ2) is 8.65. The molecule has 7 heteroatoms. The quantitative estimate of drug-likeness (QED) is 0.789. The van der Waals surface area contributed by atoms with E-state index in [2.05, 4.69) is 17.6 Å². The Morgan fingerprint density at radius 1 is 1.07 bits per heavy atom. The summed E-state index contributed by atoms with van der Waals surface area (Å²) in [6.07, 6.45) is 2.07. The van der Waals surface area contributed by atoms with Gasteiger partial charge in [-0.05, 0) is 48.7 Å². The highest BCUT2D eigenvalue weighted by atomic mass is 16.5. The van der Waals surface area contributed by atoms with Crippen molar-refractivity contribution in [3.63, 3.8) is 0 Å². The molecule has 0 spiro atoms.